The molecule has 0 aliphatic heterocycles. The summed E-state index contributed by atoms with van der Waals surface area (Å²) in [6.07, 6.45) is 0.502. The summed E-state index contributed by atoms with van der Waals surface area (Å²) in [7, 11) is 0. The Balaban J connectivity index is 2.95. The van der Waals surface area contributed by atoms with Crippen LogP contribution < -0.4 is 0 Å². The molecule has 0 fully saturated rings. The van der Waals surface area contributed by atoms with Gasteiger partial charge in [0.05, 0.1) is 0 Å². The van der Waals surface area contributed by atoms with Crippen LogP contribution in [-0.2, 0) is 5.67 Å². The largest absolute Gasteiger partial charge is 0.238 e. The molecule has 1 aromatic carbocycles. The Hall–Kier alpha value is -0.370. The van der Waals surface area contributed by atoms with Crippen LogP contribution in [0.25, 0.3) is 0 Å². The highest BCUT2D eigenvalue weighted by Crippen LogP contribution is 2.31. The number of rotatable bonds is 3. The summed E-state index contributed by atoms with van der Waals surface area (Å²) in [6.45, 7) is 1.86. The molecule has 0 heterocycles. The van der Waals surface area contributed by atoms with Crippen LogP contribution >= 0.6 is 15.9 Å². The van der Waals surface area contributed by atoms with Gasteiger partial charge in [-0.2, -0.15) is 0 Å². The van der Waals surface area contributed by atoms with Gasteiger partial charge in [-0.15, -0.1) is 0 Å². The molecule has 0 unspecified atom stereocenters. The zero-order valence-electron chi connectivity index (χ0n) is 7.06. The first-order valence-electron chi connectivity index (χ1n) is 4.03. The molecule has 0 nitrogen and oxygen atoms in total. The monoisotopic (exact) mass is 230 g/mol. The number of hydrogen-bond acceptors (Lipinski definition) is 0. The van der Waals surface area contributed by atoms with E-state index in [2.05, 4.69) is 15.9 Å². The first-order chi connectivity index (χ1) is 5.73. The SMILES string of the molecule is CC[C@](F)(CBr)c1ccccc1. The molecular weight excluding hydrogens is 219 g/mol. The van der Waals surface area contributed by atoms with E-state index in [1.807, 2.05) is 37.3 Å². The number of benzene rings is 1. The summed E-state index contributed by atoms with van der Waals surface area (Å²) in [5.74, 6) is 0. The highest BCUT2D eigenvalue weighted by molar-refractivity contribution is 9.09. The van der Waals surface area contributed by atoms with Crippen molar-refractivity contribution in [1.82, 2.24) is 0 Å². The lowest BCUT2D eigenvalue weighted by Gasteiger charge is -2.21. The molecule has 0 saturated carbocycles. The third-order valence-electron chi connectivity index (χ3n) is 2.06. The molecule has 0 bridgehead atoms. The maximum Gasteiger partial charge on any atom is 0.145 e. The van der Waals surface area contributed by atoms with Crippen molar-refractivity contribution in [2.24, 2.45) is 0 Å². The fourth-order valence-electron chi connectivity index (χ4n) is 1.11. The Morgan fingerprint density at radius 2 is 1.92 bits per heavy atom. The van der Waals surface area contributed by atoms with E-state index in [0.717, 1.165) is 5.56 Å². The molecule has 0 spiro atoms. The van der Waals surface area contributed by atoms with Gasteiger partial charge in [0.25, 0.3) is 0 Å². The molecule has 0 aliphatic rings. The number of halogens is 2. The molecular formula is C10H12BrF. The summed E-state index contributed by atoms with van der Waals surface area (Å²) in [5.41, 5.74) is -0.453. The lowest BCUT2D eigenvalue weighted by molar-refractivity contribution is 0.194. The van der Waals surface area contributed by atoms with E-state index in [9.17, 15) is 4.39 Å². The van der Waals surface area contributed by atoms with Gasteiger partial charge in [0.2, 0.25) is 0 Å². The van der Waals surface area contributed by atoms with Gasteiger partial charge in [-0.25, -0.2) is 4.39 Å². The molecule has 0 aromatic heterocycles. The van der Waals surface area contributed by atoms with Crippen molar-refractivity contribution < 1.29 is 4.39 Å². The molecule has 1 atom stereocenters. The highest BCUT2D eigenvalue weighted by Gasteiger charge is 2.27. The van der Waals surface area contributed by atoms with E-state index in [1.54, 1.807) is 0 Å². The molecule has 66 valence electrons. The van der Waals surface area contributed by atoms with Crippen molar-refractivity contribution in [3.63, 3.8) is 0 Å². The maximum atomic E-state index is 13.9. The summed E-state index contributed by atoms with van der Waals surface area (Å²) < 4.78 is 13.9. The van der Waals surface area contributed by atoms with Gasteiger partial charge in [-0.1, -0.05) is 53.2 Å². The molecule has 2 heteroatoms. The van der Waals surface area contributed by atoms with Crippen LogP contribution in [0.4, 0.5) is 4.39 Å². The van der Waals surface area contributed by atoms with Gasteiger partial charge in [-0.05, 0) is 12.0 Å². The lowest BCUT2D eigenvalue weighted by atomic mass is 9.95. The predicted octanol–water partition coefficient (Wildman–Crippen LogP) is 3.66. The van der Waals surface area contributed by atoms with Crippen LogP contribution in [0.5, 0.6) is 0 Å². The minimum atomic E-state index is -1.21. The Morgan fingerprint density at radius 1 is 1.33 bits per heavy atom. The Bertz CT molecular complexity index is 229. The fraction of sp³-hybridized carbons (Fsp3) is 0.400. The van der Waals surface area contributed by atoms with Gasteiger partial charge in [-0.3, -0.25) is 0 Å². The summed E-state index contributed by atoms with van der Waals surface area (Å²) in [5, 5.41) is 0.362. The van der Waals surface area contributed by atoms with Crippen LogP contribution in [0.2, 0.25) is 0 Å². The Morgan fingerprint density at radius 3 is 2.33 bits per heavy atom. The van der Waals surface area contributed by atoms with Crippen LogP contribution in [0.3, 0.4) is 0 Å². The molecule has 0 saturated heterocycles. The van der Waals surface area contributed by atoms with Crippen molar-refractivity contribution in [3.05, 3.63) is 35.9 Å². The van der Waals surface area contributed by atoms with E-state index in [4.69, 9.17) is 0 Å². The van der Waals surface area contributed by atoms with Crippen LogP contribution in [0.15, 0.2) is 30.3 Å². The highest BCUT2D eigenvalue weighted by atomic mass is 79.9. The van der Waals surface area contributed by atoms with Gasteiger partial charge >= 0.3 is 0 Å². The van der Waals surface area contributed by atoms with Gasteiger partial charge in [0, 0.05) is 5.33 Å². The average molecular weight is 231 g/mol. The van der Waals surface area contributed by atoms with Crippen molar-refractivity contribution in [1.29, 1.82) is 0 Å². The second-order valence-corrected chi connectivity index (χ2v) is 3.38. The van der Waals surface area contributed by atoms with Crippen molar-refractivity contribution in [2.45, 2.75) is 19.0 Å². The van der Waals surface area contributed by atoms with Crippen LogP contribution in [0, 0.1) is 0 Å². The molecule has 0 radical (unpaired) electrons. The third-order valence-corrected chi connectivity index (χ3v) is 2.95. The van der Waals surface area contributed by atoms with E-state index in [-0.39, 0.29) is 0 Å². The van der Waals surface area contributed by atoms with Gasteiger partial charge in [0.15, 0.2) is 0 Å². The van der Waals surface area contributed by atoms with Crippen molar-refractivity contribution in [2.75, 3.05) is 5.33 Å². The van der Waals surface area contributed by atoms with E-state index >= 15 is 0 Å². The zero-order valence-corrected chi connectivity index (χ0v) is 8.64. The number of alkyl halides is 2. The first-order valence-corrected chi connectivity index (χ1v) is 5.15. The normalized spacial score (nSPS) is 15.6. The lowest BCUT2D eigenvalue weighted by Crippen LogP contribution is -2.20. The van der Waals surface area contributed by atoms with E-state index < -0.39 is 5.67 Å². The second-order valence-electron chi connectivity index (χ2n) is 2.82. The first kappa shape index (κ1) is 9.72. The van der Waals surface area contributed by atoms with Crippen LogP contribution in [0.1, 0.15) is 18.9 Å². The molecule has 1 aromatic rings. The molecule has 12 heavy (non-hydrogen) atoms. The minimum Gasteiger partial charge on any atom is -0.238 e. The number of hydrogen-bond donors (Lipinski definition) is 0. The Kier molecular flexibility index (Phi) is 3.27. The maximum absolute atomic E-state index is 13.9. The standard InChI is InChI=1S/C10H12BrF/c1-2-10(12,8-11)9-6-4-3-5-7-9/h3-7H,2,8H2,1H3/t10-/m0/s1. The second kappa shape index (κ2) is 4.04. The zero-order chi connectivity index (χ0) is 9.03. The fourth-order valence-corrected chi connectivity index (χ4v) is 1.83. The molecule has 1 rings (SSSR count). The van der Waals surface area contributed by atoms with Crippen molar-refractivity contribution in [3.8, 4) is 0 Å². The average Bonchev–Trinajstić information content (AvgIpc) is 2.18. The van der Waals surface area contributed by atoms with Crippen molar-refractivity contribution >= 4 is 15.9 Å². The topological polar surface area (TPSA) is 0 Å². The van der Waals surface area contributed by atoms with Gasteiger partial charge < -0.3 is 0 Å². The van der Waals surface area contributed by atoms with Gasteiger partial charge in [0.1, 0.15) is 5.67 Å². The van der Waals surface area contributed by atoms with Crippen LogP contribution in [-0.4, -0.2) is 5.33 Å². The summed E-state index contributed by atoms with van der Waals surface area (Å²) in [6, 6.07) is 9.27. The quantitative estimate of drug-likeness (QED) is 0.696. The molecule has 0 N–H and O–H groups in total. The molecule has 0 aliphatic carbocycles. The smallest absolute Gasteiger partial charge is 0.145 e. The Labute approximate surface area is 80.9 Å². The minimum absolute atomic E-state index is 0.362. The summed E-state index contributed by atoms with van der Waals surface area (Å²) >= 11 is 3.19. The van der Waals surface area contributed by atoms with E-state index in [1.165, 1.54) is 0 Å². The van der Waals surface area contributed by atoms with E-state index in [0.29, 0.717) is 11.8 Å². The predicted molar refractivity (Wildman–Crippen MR) is 53.3 cm³/mol. The summed E-state index contributed by atoms with van der Waals surface area (Å²) in [4.78, 5) is 0. The third kappa shape index (κ3) is 1.86. The molecule has 0 amide bonds.